The fourth-order valence-corrected chi connectivity index (χ4v) is 5.04. The zero-order chi connectivity index (χ0) is 19.5. The molecule has 2 aromatic rings. The number of carbonyl (C=O) groups excluding carboxylic acids is 1. The molecule has 7 heteroatoms. The third-order valence-electron chi connectivity index (χ3n) is 5.91. The molecule has 2 fully saturated rings. The number of ether oxygens (including phenoxy) is 3. The summed E-state index contributed by atoms with van der Waals surface area (Å²) in [6, 6.07) is 11.5. The van der Waals surface area contributed by atoms with Crippen molar-refractivity contribution >= 4 is 33.4 Å². The number of fused-ring (bicyclic) bond motifs is 2. The first-order valence-electron chi connectivity index (χ1n) is 9.19. The van der Waals surface area contributed by atoms with Crippen LogP contribution in [0.5, 0.6) is 11.5 Å². The fraction of sp³-hybridized carbons (Fsp3) is 0.381. The maximum atomic E-state index is 13.5. The Kier molecular flexibility index (Phi) is 4.16. The lowest BCUT2D eigenvalue weighted by atomic mass is 9.87. The maximum absolute atomic E-state index is 13.5. The Labute approximate surface area is 176 Å². The second-order valence-electron chi connectivity index (χ2n) is 7.61. The van der Waals surface area contributed by atoms with Crippen LogP contribution in [0.25, 0.3) is 0 Å². The Morgan fingerprint density at radius 1 is 1.21 bits per heavy atom. The molecule has 1 saturated carbocycles. The fourth-order valence-electron chi connectivity index (χ4n) is 4.11. The van der Waals surface area contributed by atoms with Crippen LogP contribution >= 0.6 is 27.5 Å². The van der Waals surface area contributed by atoms with Crippen molar-refractivity contribution < 1.29 is 19.0 Å². The molecule has 28 heavy (non-hydrogen) atoms. The topological polar surface area (TPSA) is 48.0 Å². The standard InChI is InChI=1S/C21H19BrClNO4/c1-26-15-4-2-13(3-5-15)10-24-19(25)21(6-7-21)28-12-20(24)11-27-18-16(20)8-14(23)9-17(18)22/h2-5,8-9H,6-7,10-12H2,1H3. The van der Waals surface area contributed by atoms with E-state index >= 15 is 0 Å². The van der Waals surface area contributed by atoms with Crippen molar-refractivity contribution in [2.75, 3.05) is 20.3 Å². The van der Waals surface area contributed by atoms with E-state index in [1.165, 1.54) is 0 Å². The van der Waals surface area contributed by atoms with Gasteiger partial charge in [0.1, 0.15) is 29.2 Å². The molecule has 1 atom stereocenters. The molecule has 1 amide bonds. The summed E-state index contributed by atoms with van der Waals surface area (Å²) in [7, 11) is 1.64. The minimum Gasteiger partial charge on any atom is -0.497 e. The Bertz CT molecular complexity index is 960. The number of morpholine rings is 1. The maximum Gasteiger partial charge on any atom is 0.256 e. The average Bonchev–Trinajstić information content (AvgIpc) is 3.39. The molecule has 0 bridgehead atoms. The predicted molar refractivity (Wildman–Crippen MR) is 108 cm³/mol. The zero-order valence-corrected chi connectivity index (χ0v) is 17.7. The summed E-state index contributed by atoms with van der Waals surface area (Å²) in [6.07, 6.45) is 1.54. The van der Waals surface area contributed by atoms with Crippen LogP contribution in [-0.4, -0.2) is 36.7 Å². The highest BCUT2D eigenvalue weighted by molar-refractivity contribution is 9.10. The monoisotopic (exact) mass is 463 g/mol. The molecule has 2 aromatic carbocycles. The first-order valence-corrected chi connectivity index (χ1v) is 10.4. The van der Waals surface area contributed by atoms with Gasteiger partial charge >= 0.3 is 0 Å². The third kappa shape index (κ3) is 2.65. The van der Waals surface area contributed by atoms with Crippen LogP contribution in [-0.2, 0) is 21.6 Å². The molecule has 2 aliphatic heterocycles. The first-order chi connectivity index (χ1) is 13.5. The predicted octanol–water partition coefficient (Wildman–Crippen LogP) is 4.29. The number of hydrogen-bond acceptors (Lipinski definition) is 4. The zero-order valence-electron chi connectivity index (χ0n) is 15.3. The summed E-state index contributed by atoms with van der Waals surface area (Å²) in [5, 5.41) is 0.596. The van der Waals surface area contributed by atoms with Crippen molar-refractivity contribution in [2.24, 2.45) is 0 Å². The van der Waals surface area contributed by atoms with E-state index in [9.17, 15) is 4.79 Å². The molecule has 5 rings (SSSR count). The Morgan fingerprint density at radius 2 is 1.96 bits per heavy atom. The highest BCUT2D eigenvalue weighted by Crippen LogP contribution is 2.54. The van der Waals surface area contributed by atoms with Gasteiger partial charge in [-0.3, -0.25) is 4.79 Å². The van der Waals surface area contributed by atoms with Crippen LogP contribution in [0, 0.1) is 0 Å². The minimum absolute atomic E-state index is 0.0297. The molecular weight excluding hydrogens is 446 g/mol. The van der Waals surface area contributed by atoms with E-state index in [1.54, 1.807) is 13.2 Å². The van der Waals surface area contributed by atoms with Crippen LogP contribution < -0.4 is 9.47 Å². The molecule has 2 spiro atoms. The van der Waals surface area contributed by atoms with Gasteiger partial charge < -0.3 is 19.1 Å². The number of halogens is 2. The van der Waals surface area contributed by atoms with E-state index in [4.69, 9.17) is 25.8 Å². The lowest BCUT2D eigenvalue weighted by molar-refractivity contribution is -0.180. The van der Waals surface area contributed by atoms with Gasteiger partial charge in [0.25, 0.3) is 5.91 Å². The van der Waals surface area contributed by atoms with Gasteiger partial charge in [-0.15, -0.1) is 0 Å². The number of methoxy groups -OCH3 is 1. The summed E-state index contributed by atoms with van der Waals surface area (Å²) in [6.45, 7) is 1.22. The van der Waals surface area contributed by atoms with Crippen molar-refractivity contribution in [3.63, 3.8) is 0 Å². The van der Waals surface area contributed by atoms with Gasteiger partial charge in [-0.05, 0) is 58.6 Å². The summed E-state index contributed by atoms with van der Waals surface area (Å²) >= 11 is 9.87. The quantitative estimate of drug-likeness (QED) is 0.680. The first kappa shape index (κ1) is 18.3. The van der Waals surface area contributed by atoms with Crippen LogP contribution in [0.2, 0.25) is 5.02 Å². The van der Waals surface area contributed by atoms with Crippen molar-refractivity contribution in [2.45, 2.75) is 30.5 Å². The Morgan fingerprint density at radius 3 is 2.64 bits per heavy atom. The van der Waals surface area contributed by atoms with Crippen LogP contribution in [0.4, 0.5) is 0 Å². The second kappa shape index (κ2) is 6.37. The molecular formula is C21H19BrClNO4. The lowest BCUT2D eigenvalue weighted by Crippen LogP contribution is -2.62. The smallest absolute Gasteiger partial charge is 0.256 e. The summed E-state index contributed by atoms with van der Waals surface area (Å²) < 4.78 is 18.2. The van der Waals surface area contributed by atoms with Gasteiger partial charge in [-0.2, -0.15) is 0 Å². The number of rotatable bonds is 3. The number of amides is 1. The van der Waals surface area contributed by atoms with Crippen molar-refractivity contribution in [3.05, 3.63) is 57.0 Å². The van der Waals surface area contributed by atoms with Gasteiger partial charge in [-0.1, -0.05) is 23.7 Å². The van der Waals surface area contributed by atoms with Crippen LogP contribution in [0.3, 0.4) is 0 Å². The van der Waals surface area contributed by atoms with Crippen LogP contribution in [0.15, 0.2) is 40.9 Å². The van der Waals surface area contributed by atoms with E-state index in [2.05, 4.69) is 15.9 Å². The largest absolute Gasteiger partial charge is 0.497 e. The van der Waals surface area contributed by atoms with Gasteiger partial charge in [0.05, 0.1) is 18.2 Å². The Hall–Kier alpha value is -1.76. The van der Waals surface area contributed by atoms with Gasteiger partial charge in [0, 0.05) is 17.1 Å². The second-order valence-corrected chi connectivity index (χ2v) is 8.90. The highest BCUT2D eigenvalue weighted by Gasteiger charge is 2.63. The minimum atomic E-state index is -0.687. The average molecular weight is 465 g/mol. The van der Waals surface area contributed by atoms with Crippen molar-refractivity contribution in [3.8, 4) is 11.5 Å². The summed E-state index contributed by atoms with van der Waals surface area (Å²) in [4.78, 5) is 15.4. The SMILES string of the molecule is COc1ccc(CN2C(=O)C3(CC3)OCC23COc2c(Br)cc(Cl)cc23)cc1. The van der Waals surface area contributed by atoms with Gasteiger partial charge in [-0.25, -0.2) is 0 Å². The Balaban J connectivity index is 1.58. The van der Waals surface area contributed by atoms with E-state index in [1.807, 2.05) is 35.2 Å². The number of hydrogen-bond donors (Lipinski definition) is 0. The molecule has 1 unspecified atom stereocenters. The van der Waals surface area contributed by atoms with E-state index in [0.29, 0.717) is 24.8 Å². The van der Waals surface area contributed by atoms with Gasteiger partial charge in [0.2, 0.25) is 0 Å². The summed E-state index contributed by atoms with van der Waals surface area (Å²) in [5.74, 6) is 1.55. The molecule has 146 valence electrons. The molecule has 1 aliphatic carbocycles. The molecule has 2 heterocycles. The molecule has 0 aromatic heterocycles. The van der Waals surface area contributed by atoms with Crippen LogP contribution in [0.1, 0.15) is 24.0 Å². The molecule has 1 saturated heterocycles. The highest BCUT2D eigenvalue weighted by atomic mass is 79.9. The molecule has 0 radical (unpaired) electrons. The van der Waals surface area contributed by atoms with Crippen molar-refractivity contribution in [1.82, 2.24) is 4.90 Å². The van der Waals surface area contributed by atoms with Gasteiger partial charge in [0.15, 0.2) is 0 Å². The molecule has 5 nitrogen and oxygen atoms in total. The number of carbonyl (C=O) groups is 1. The molecule has 3 aliphatic rings. The summed E-state index contributed by atoms with van der Waals surface area (Å²) in [5.41, 5.74) is 0.578. The molecule has 0 N–H and O–H groups in total. The number of benzene rings is 2. The normalized spacial score (nSPS) is 24.4. The van der Waals surface area contributed by atoms with Crippen molar-refractivity contribution in [1.29, 1.82) is 0 Å². The third-order valence-corrected chi connectivity index (χ3v) is 6.71. The lowest BCUT2D eigenvalue weighted by Gasteiger charge is -2.46. The van der Waals surface area contributed by atoms with E-state index in [0.717, 1.165) is 39.9 Å². The van der Waals surface area contributed by atoms with E-state index in [-0.39, 0.29) is 5.91 Å². The number of nitrogens with zero attached hydrogens (tertiary/aromatic N) is 1. The van der Waals surface area contributed by atoms with E-state index < -0.39 is 11.1 Å².